The third-order valence-corrected chi connectivity index (χ3v) is 6.26. The van der Waals surface area contributed by atoms with E-state index in [1.165, 1.54) is 33.4 Å². The summed E-state index contributed by atoms with van der Waals surface area (Å²) in [5.74, 6) is 0. The van der Waals surface area contributed by atoms with Crippen LogP contribution >= 0.6 is 0 Å². The second-order valence-electron chi connectivity index (χ2n) is 6.92. The number of benzene rings is 1. The Kier molecular flexibility index (Phi) is 2.06. The average molecular weight is 282 g/mol. The largest absolute Gasteiger partial charge is 0.0616 e. The molecule has 1 aromatic rings. The lowest BCUT2D eigenvalue weighted by atomic mass is 9.44. The lowest BCUT2D eigenvalue weighted by Gasteiger charge is -2.58. The highest BCUT2D eigenvalue weighted by molar-refractivity contribution is 5.97. The molecule has 0 saturated heterocycles. The van der Waals surface area contributed by atoms with Crippen molar-refractivity contribution in [2.75, 3.05) is 0 Å². The summed E-state index contributed by atoms with van der Waals surface area (Å²) in [4.78, 5) is 0. The Bertz CT molecular complexity index is 823. The maximum atomic E-state index is 2.42. The number of fused-ring (bicyclic) bond motifs is 3. The summed E-state index contributed by atoms with van der Waals surface area (Å²) in [6, 6.07) is 8.87. The topological polar surface area (TPSA) is 0 Å². The number of rotatable bonds is 0. The van der Waals surface area contributed by atoms with Crippen molar-refractivity contribution < 1.29 is 0 Å². The molecule has 1 aromatic carbocycles. The van der Waals surface area contributed by atoms with E-state index < -0.39 is 0 Å². The zero-order valence-electron chi connectivity index (χ0n) is 12.9. The average Bonchev–Trinajstić information content (AvgIpc) is 2.54. The molecule has 0 heteroatoms. The summed E-state index contributed by atoms with van der Waals surface area (Å²) in [6.45, 7) is 4.84. The smallest absolute Gasteiger partial charge is 0.0315 e. The predicted molar refractivity (Wildman–Crippen MR) is 93.1 cm³/mol. The fraction of sp³-hybridized carbons (Fsp3) is 0.182. The van der Waals surface area contributed by atoms with Crippen molar-refractivity contribution in [1.82, 2.24) is 0 Å². The first-order valence-corrected chi connectivity index (χ1v) is 7.98. The van der Waals surface area contributed by atoms with Gasteiger partial charge in [-0.05, 0) is 33.4 Å². The van der Waals surface area contributed by atoms with Crippen LogP contribution in [-0.4, -0.2) is 0 Å². The Morgan fingerprint density at radius 3 is 1.55 bits per heavy atom. The van der Waals surface area contributed by atoms with Crippen LogP contribution in [-0.2, 0) is 0 Å². The monoisotopic (exact) mass is 282 g/mol. The standard InChI is InChI=1S/C22H18/c1-21-15-7-5-11-19(21)17-9-3-4-10-18(17)20-12-6-8-16(14-13-15)22(20,21)2/h3-14H,1-2H3. The van der Waals surface area contributed by atoms with Crippen LogP contribution in [0.2, 0.25) is 0 Å². The summed E-state index contributed by atoms with van der Waals surface area (Å²) in [7, 11) is 0. The van der Waals surface area contributed by atoms with Gasteiger partial charge in [0.25, 0.3) is 0 Å². The fourth-order valence-electron chi connectivity index (χ4n) is 4.88. The fourth-order valence-corrected chi connectivity index (χ4v) is 4.88. The van der Waals surface area contributed by atoms with E-state index >= 15 is 0 Å². The molecule has 0 spiro atoms. The van der Waals surface area contributed by atoms with Crippen LogP contribution in [0, 0.1) is 10.8 Å². The van der Waals surface area contributed by atoms with Gasteiger partial charge in [-0.1, -0.05) is 86.7 Å². The third kappa shape index (κ3) is 1.10. The molecule has 106 valence electrons. The molecule has 2 unspecified atom stereocenters. The molecular formula is C22H18. The molecule has 5 rings (SSSR count). The second kappa shape index (κ2) is 3.70. The lowest BCUT2D eigenvalue weighted by molar-refractivity contribution is 0.303. The Balaban J connectivity index is 2.00. The van der Waals surface area contributed by atoms with Crippen molar-refractivity contribution in [2.24, 2.45) is 10.8 Å². The first-order valence-electron chi connectivity index (χ1n) is 7.98. The maximum Gasteiger partial charge on any atom is 0.0315 e. The Labute approximate surface area is 131 Å². The molecule has 0 bridgehead atoms. The minimum absolute atomic E-state index is 0.0107. The molecule has 0 aliphatic heterocycles. The van der Waals surface area contributed by atoms with Gasteiger partial charge in [-0.2, -0.15) is 0 Å². The van der Waals surface area contributed by atoms with E-state index in [9.17, 15) is 0 Å². The predicted octanol–water partition coefficient (Wildman–Crippen LogP) is 5.49. The van der Waals surface area contributed by atoms with Crippen LogP contribution in [0.1, 0.15) is 25.0 Å². The normalized spacial score (nSPS) is 33.2. The number of hydrogen-bond acceptors (Lipinski definition) is 0. The van der Waals surface area contributed by atoms with Gasteiger partial charge in [0.05, 0.1) is 0 Å². The van der Waals surface area contributed by atoms with Crippen LogP contribution in [0.15, 0.2) is 84.0 Å². The molecule has 0 aromatic heterocycles. The van der Waals surface area contributed by atoms with Gasteiger partial charge < -0.3 is 0 Å². The summed E-state index contributed by atoms with van der Waals surface area (Å²) < 4.78 is 0. The highest BCUT2D eigenvalue weighted by Crippen LogP contribution is 2.69. The maximum absolute atomic E-state index is 2.42. The SMILES string of the molecule is CC12C3=CC=C4C=CC=C(c5ccccc5C1=CC=C3)C42C. The molecule has 0 fully saturated rings. The first-order chi connectivity index (χ1) is 10.7. The molecule has 0 amide bonds. The highest BCUT2D eigenvalue weighted by Gasteiger charge is 2.58. The molecule has 2 atom stereocenters. The lowest BCUT2D eigenvalue weighted by Crippen LogP contribution is -2.47. The Hall–Kier alpha value is -2.34. The van der Waals surface area contributed by atoms with Crippen LogP contribution in [0.5, 0.6) is 0 Å². The third-order valence-electron chi connectivity index (χ3n) is 6.26. The Morgan fingerprint density at radius 2 is 1.09 bits per heavy atom. The molecule has 0 heterocycles. The van der Waals surface area contributed by atoms with Gasteiger partial charge in [-0.25, -0.2) is 0 Å². The molecule has 4 aliphatic carbocycles. The minimum atomic E-state index is 0.0107. The zero-order chi connectivity index (χ0) is 14.9. The van der Waals surface area contributed by atoms with Gasteiger partial charge in [0.2, 0.25) is 0 Å². The van der Waals surface area contributed by atoms with E-state index in [2.05, 4.69) is 86.7 Å². The first kappa shape index (κ1) is 12.2. The van der Waals surface area contributed by atoms with Gasteiger partial charge >= 0.3 is 0 Å². The minimum Gasteiger partial charge on any atom is -0.0616 e. The molecule has 0 nitrogen and oxygen atoms in total. The number of allylic oxidation sites excluding steroid dienone is 12. The van der Waals surface area contributed by atoms with E-state index in [1.807, 2.05) is 0 Å². The summed E-state index contributed by atoms with van der Waals surface area (Å²) in [5, 5.41) is 0. The molecule has 22 heavy (non-hydrogen) atoms. The van der Waals surface area contributed by atoms with Crippen LogP contribution in [0.25, 0.3) is 11.1 Å². The van der Waals surface area contributed by atoms with Crippen molar-refractivity contribution in [3.63, 3.8) is 0 Å². The zero-order valence-corrected chi connectivity index (χ0v) is 12.9. The van der Waals surface area contributed by atoms with Gasteiger partial charge in [0.1, 0.15) is 0 Å². The van der Waals surface area contributed by atoms with Crippen LogP contribution in [0.4, 0.5) is 0 Å². The van der Waals surface area contributed by atoms with E-state index in [0.29, 0.717) is 0 Å². The second-order valence-corrected chi connectivity index (χ2v) is 6.92. The number of hydrogen-bond donors (Lipinski definition) is 0. The van der Waals surface area contributed by atoms with Crippen molar-refractivity contribution in [1.29, 1.82) is 0 Å². The molecule has 4 aliphatic rings. The van der Waals surface area contributed by atoms with Gasteiger partial charge in [-0.3, -0.25) is 0 Å². The summed E-state index contributed by atoms with van der Waals surface area (Å²) in [6.07, 6.45) is 18.2. The van der Waals surface area contributed by atoms with Gasteiger partial charge in [-0.15, -0.1) is 0 Å². The highest BCUT2D eigenvalue weighted by atomic mass is 14.6. The van der Waals surface area contributed by atoms with E-state index in [1.54, 1.807) is 0 Å². The van der Waals surface area contributed by atoms with Crippen molar-refractivity contribution >= 4 is 11.1 Å². The van der Waals surface area contributed by atoms with E-state index in [-0.39, 0.29) is 10.8 Å². The quantitative estimate of drug-likeness (QED) is 0.590. The van der Waals surface area contributed by atoms with Crippen molar-refractivity contribution in [2.45, 2.75) is 13.8 Å². The van der Waals surface area contributed by atoms with E-state index in [0.717, 1.165) is 0 Å². The summed E-state index contributed by atoms with van der Waals surface area (Å²) in [5.41, 5.74) is 8.56. The summed E-state index contributed by atoms with van der Waals surface area (Å²) >= 11 is 0. The molecule has 0 N–H and O–H groups in total. The van der Waals surface area contributed by atoms with Crippen molar-refractivity contribution in [3.8, 4) is 0 Å². The molecule has 0 radical (unpaired) electrons. The Morgan fingerprint density at radius 1 is 0.636 bits per heavy atom. The van der Waals surface area contributed by atoms with Crippen LogP contribution < -0.4 is 0 Å². The van der Waals surface area contributed by atoms with Crippen molar-refractivity contribution in [3.05, 3.63) is 95.1 Å². The van der Waals surface area contributed by atoms with Gasteiger partial charge in [0, 0.05) is 10.8 Å². The van der Waals surface area contributed by atoms with Crippen LogP contribution in [0.3, 0.4) is 0 Å². The molecule has 0 saturated carbocycles. The molecular weight excluding hydrogens is 264 g/mol. The van der Waals surface area contributed by atoms with E-state index in [4.69, 9.17) is 0 Å². The van der Waals surface area contributed by atoms with Gasteiger partial charge in [0.15, 0.2) is 0 Å².